The molecular weight excluding hydrogens is 134 g/mol. The molecule has 1 heterocycles. The maximum Gasteiger partial charge on any atom is 0.0378 e. The van der Waals surface area contributed by atoms with Gasteiger partial charge >= 0.3 is 0 Å². The van der Waals surface area contributed by atoms with Gasteiger partial charge in [0.2, 0.25) is 0 Å². The van der Waals surface area contributed by atoms with Crippen LogP contribution in [0, 0.1) is 6.92 Å². The van der Waals surface area contributed by atoms with Gasteiger partial charge in [-0.15, -0.1) is 0 Å². The molecule has 1 heteroatoms. The number of pyridine rings is 1. The van der Waals surface area contributed by atoms with E-state index in [9.17, 15) is 0 Å². The van der Waals surface area contributed by atoms with E-state index in [0.29, 0.717) is 0 Å². The number of rotatable bonds is 0. The molecule has 0 saturated heterocycles. The number of hydrogen-bond acceptors (Lipinski definition) is 1. The first-order chi connectivity index (χ1) is 5.36. The molecule has 0 spiro atoms. The van der Waals surface area contributed by atoms with Gasteiger partial charge in [0.15, 0.2) is 0 Å². The average molecular weight is 145 g/mol. The lowest BCUT2D eigenvalue weighted by atomic mass is 9.99. The molecule has 0 radical (unpaired) electrons. The summed E-state index contributed by atoms with van der Waals surface area (Å²) in [7, 11) is 0. The molecule has 0 unspecified atom stereocenters. The van der Waals surface area contributed by atoms with Crippen LogP contribution in [-0.4, -0.2) is 4.98 Å². The highest BCUT2D eigenvalue weighted by Crippen LogP contribution is 2.18. The highest BCUT2D eigenvalue weighted by molar-refractivity contribution is 5.55. The van der Waals surface area contributed by atoms with Crippen molar-refractivity contribution in [2.24, 2.45) is 0 Å². The van der Waals surface area contributed by atoms with Crippen molar-refractivity contribution in [2.45, 2.75) is 19.8 Å². The van der Waals surface area contributed by atoms with E-state index in [-0.39, 0.29) is 0 Å². The fourth-order valence-corrected chi connectivity index (χ4v) is 1.42. The van der Waals surface area contributed by atoms with Gasteiger partial charge in [-0.1, -0.05) is 12.2 Å². The van der Waals surface area contributed by atoms with Crippen LogP contribution in [0.4, 0.5) is 0 Å². The molecule has 2 rings (SSSR count). The Labute approximate surface area is 66.8 Å². The molecule has 0 fully saturated rings. The Balaban J connectivity index is 2.54. The molecule has 1 aliphatic rings. The van der Waals surface area contributed by atoms with Crippen LogP contribution in [0.2, 0.25) is 0 Å². The summed E-state index contributed by atoms with van der Waals surface area (Å²) in [5.74, 6) is 0. The first kappa shape index (κ1) is 6.59. The lowest BCUT2D eigenvalue weighted by Gasteiger charge is -2.09. The standard InChI is InChI=1S/C10H11N/c1-8-6-9-4-2-3-5-10(9)7-11-8/h2,4,6-7H,3,5H2,1H3. The minimum absolute atomic E-state index is 1.11. The van der Waals surface area contributed by atoms with Gasteiger partial charge in [-0.2, -0.15) is 0 Å². The summed E-state index contributed by atoms with van der Waals surface area (Å²) < 4.78 is 0. The molecule has 1 aromatic rings. The van der Waals surface area contributed by atoms with Crippen LogP contribution in [-0.2, 0) is 6.42 Å². The van der Waals surface area contributed by atoms with Crippen molar-refractivity contribution in [1.29, 1.82) is 0 Å². The van der Waals surface area contributed by atoms with Crippen LogP contribution in [0.5, 0.6) is 0 Å². The van der Waals surface area contributed by atoms with E-state index in [1.54, 1.807) is 0 Å². The predicted molar refractivity (Wildman–Crippen MR) is 46.3 cm³/mol. The average Bonchev–Trinajstić information content (AvgIpc) is 2.04. The van der Waals surface area contributed by atoms with E-state index < -0.39 is 0 Å². The third kappa shape index (κ3) is 1.18. The Morgan fingerprint density at radius 3 is 3.27 bits per heavy atom. The zero-order chi connectivity index (χ0) is 7.68. The molecule has 0 N–H and O–H groups in total. The van der Waals surface area contributed by atoms with Gasteiger partial charge in [0, 0.05) is 11.9 Å². The van der Waals surface area contributed by atoms with Gasteiger partial charge in [-0.3, -0.25) is 4.98 Å². The van der Waals surface area contributed by atoms with E-state index in [1.165, 1.54) is 11.1 Å². The van der Waals surface area contributed by atoms with E-state index >= 15 is 0 Å². The summed E-state index contributed by atoms with van der Waals surface area (Å²) in [5.41, 5.74) is 3.84. The number of hydrogen-bond donors (Lipinski definition) is 0. The summed E-state index contributed by atoms with van der Waals surface area (Å²) in [6, 6.07) is 2.14. The zero-order valence-electron chi connectivity index (χ0n) is 6.67. The fraction of sp³-hybridized carbons (Fsp3) is 0.300. The van der Waals surface area contributed by atoms with Crippen molar-refractivity contribution in [2.75, 3.05) is 0 Å². The van der Waals surface area contributed by atoms with Gasteiger partial charge in [0.05, 0.1) is 0 Å². The number of nitrogens with zero attached hydrogens (tertiary/aromatic N) is 1. The number of aryl methyl sites for hydroxylation is 2. The SMILES string of the molecule is Cc1cc2c(cn1)CCC=C2. The Morgan fingerprint density at radius 1 is 1.45 bits per heavy atom. The van der Waals surface area contributed by atoms with Gasteiger partial charge in [0.1, 0.15) is 0 Å². The Morgan fingerprint density at radius 2 is 2.36 bits per heavy atom. The number of fused-ring (bicyclic) bond motifs is 1. The van der Waals surface area contributed by atoms with E-state index in [1.807, 2.05) is 13.1 Å². The van der Waals surface area contributed by atoms with Crippen molar-refractivity contribution >= 4 is 6.08 Å². The van der Waals surface area contributed by atoms with Crippen LogP contribution in [0.1, 0.15) is 23.2 Å². The summed E-state index contributed by atoms with van der Waals surface area (Å²) >= 11 is 0. The molecule has 0 saturated carbocycles. The highest BCUT2D eigenvalue weighted by Gasteiger charge is 2.03. The lowest BCUT2D eigenvalue weighted by molar-refractivity contribution is 0.963. The van der Waals surface area contributed by atoms with Crippen LogP contribution in [0.25, 0.3) is 6.08 Å². The van der Waals surface area contributed by atoms with E-state index in [4.69, 9.17) is 0 Å². The maximum atomic E-state index is 4.26. The maximum absolute atomic E-state index is 4.26. The first-order valence-corrected chi connectivity index (χ1v) is 3.98. The third-order valence-electron chi connectivity index (χ3n) is 2.04. The van der Waals surface area contributed by atoms with Gasteiger partial charge in [-0.05, 0) is 37.0 Å². The molecule has 0 atom stereocenters. The third-order valence-corrected chi connectivity index (χ3v) is 2.04. The molecule has 1 aromatic heterocycles. The highest BCUT2D eigenvalue weighted by atomic mass is 14.7. The summed E-state index contributed by atoms with van der Waals surface area (Å²) in [6.45, 7) is 2.03. The van der Waals surface area contributed by atoms with Crippen LogP contribution in [0.3, 0.4) is 0 Å². The summed E-state index contributed by atoms with van der Waals surface area (Å²) in [5, 5.41) is 0. The Kier molecular flexibility index (Phi) is 1.50. The fourth-order valence-electron chi connectivity index (χ4n) is 1.42. The normalized spacial score (nSPS) is 14.6. The quantitative estimate of drug-likeness (QED) is 0.546. The molecule has 11 heavy (non-hydrogen) atoms. The Hall–Kier alpha value is -1.11. The van der Waals surface area contributed by atoms with E-state index in [2.05, 4.69) is 23.2 Å². The second-order valence-corrected chi connectivity index (χ2v) is 2.97. The second kappa shape index (κ2) is 2.50. The number of aromatic nitrogens is 1. The molecule has 0 amide bonds. The molecule has 0 bridgehead atoms. The molecule has 0 aliphatic heterocycles. The number of allylic oxidation sites excluding steroid dienone is 1. The van der Waals surface area contributed by atoms with Crippen molar-refractivity contribution < 1.29 is 0 Å². The largest absolute Gasteiger partial charge is 0.261 e. The predicted octanol–water partition coefficient (Wildman–Crippen LogP) is 2.35. The molecule has 56 valence electrons. The van der Waals surface area contributed by atoms with Crippen molar-refractivity contribution in [3.05, 3.63) is 35.2 Å². The summed E-state index contributed by atoms with van der Waals surface area (Å²) in [4.78, 5) is 4.26. The topological polar surface area (TPSA) is 12.9 Å². The van der Waals surface area contributed by atoms with Gasteiger partial charge < -0.3 is 0 Å². The van der Waals surface area contributed by atoms with E-state index in [0.717, 1.165) is 18.5 Å². The minimum atomic E-state index is 1.11. The molecule has 1 nitrogen and oxygen atoms in total. The van der Waals surface area contributed by atoms with Crippen LogP contribution >= 0.6 is 0 Å². The smallest absolute Gasteiger partial charge is 0.0378 e. The van der Waals surface area contributed by atoms with Gasteiger partial charge in [0.25, 0.3) is 0 Å². The first-order valence-electron chi connectivity index (χ1n) is 3.98. The second-order valence-electron chi connectivity index (χ2n) is 2.97. The molecular formula is C10H11N. The molecule has 1 aliphatic carbocycles. The zero-order valence-corrected chi connectivity index (χ0v) is 6.67. The van der Waals surface area contributed by atoms with Gasteiger partial charge in [-0.25, -0.2) is 0 Å². The van der Waals surface area contributed by atoms with Crippen LogP contribution < -0.4 is 0 Å². The minimum Gasteiger partial charge on any atom is -0.261 e. The summed E-state index contributed by atoms with van der Waals surface area (Å²) in [6.07, 6.45) is 8.72. The monoisotopic (exact) mass is 145 g/mol. The van der Waals surface area contributed by atoms with Crippen molar-refractivity contribution in [3.63, 3.8) is 0 Å². The van der Waals surface area contributed by atoms with Crippen molar-refractivity contribution in [3.8, 4) is 0 Å². The van der Waals surface area contributed by atoms with Crippen molar-refractivity contribution in [1.82, 2.24) is 4.98 Å². The molecule has 0 aromatic carbocycles. The Bertz CT molecular complexity index is 300. The lowest BCUT2D eigenvalue weighted by Crippen LogP contribution is -1.95. The van der Waals surface area contributed by atoms with Crippen LogP contribution in [0.15, 0.2) is 18.3 Å².